The molecule has 0 saturated carbocycles. The van der Waals surface area contributed by atoms with Gasteiger partial charge in [-0.15, -0.1) is 0 Å². The maximum Gasteiger partial charge on any atom is 0.321 e. The topological polar surface area (TPSA) is 105 Å². The molecule has 2 aromatic carbocycles. The number of halogens is 1. The third kappa shape index (κ3) is 3.87. The van der Waals surface area contributed by atoms with Crippen LogP contribution in [0.3, 0.4) is 0 Å². The fourth-order valence-electron chi connectivity index (χ4n) is 4.18. The molecule has 0 aliphatic carbocycles. The van der Waals surface area contributed by atoms with Crippen molar-refractivity contribution in [1.82, 2.24) is 14.9 Å². The maximum atomic E-state index is 13.8. The molecule has 3 heterocycles. The molecule has 0 fully saturated rings. The first-order chi connectivity index (χ1) is 15.9. The number of carboxylic acid groups (broad SMARTS) is 1. The van der Waals surface area contributed by atoms with Crippen LogP contribution in [0.4, 0.5) is 10.1 Å². The van der Waals surface area contributed by atoms with Crippen molar-refractivity contribution in [2.45, 2.75) is 25.6 Å². The average molecular weight is 448 g/mol. The number of aromatic nitrogens is 2. The minimum Gasteiger partial charge on any atom is -0.487 e. The number of amides is 1. The average Bonchev–Trinajstić information content (AvgIpc) is 3.46. The predicted octanol–water partition coefficient (Wildman–Crippen LogP) is 2.70. The molecule has 168 valence electrons. The second kappa shape index (κ2) is 8.18. The van der Waals surface area contributed by atoms with E-state index < -0.39 is 17.8 Å². The molecule has 0 saturated heterocycles. The lowest BCUT2D eigenvalue weighted by atomic mass is 9.99. The zero-order chi connectivity index (χ0) is 23.1. The van der Waals surface area contributed by atoms with Crippen molar-refractivity contribution in [2.75, 3.05) is 5.32 Å². The summed E-state index contributed by atoms with van der Waals surface area (Å²) < 4.78 is 21.4. The van der Waals surface area contributed by atoms with Crippen LogP contribution in [0.15, 0.2) is 48.9 Å². The van der Waals surface area contributed by atoms with Crippen molar-refractivity contribution in [2.24, 2.45) is 7.05 Å². The molecule has 2 aliphatic heterocycles. The van der Waals surface area contributed by atoms with Gasteiger partial charge in [0.2, 0.25) is 0 Å². The van der Waals surface area contributed by atoms with Gasteiger partial charge in [-0.3, -0.25) is 14.9 Å². The number of hydrogen-bond acceptors (Lipinski definition) is 5. The molecule has 0 bridgehead atoms. The highest BCUT2D eigenvalue weighted by atomic mass is 19.1. The summed E-state index contributed by atoms with van der Waals surface area (Å²) in [5.41, 5.74) is 4.71. The van der Waals surface area contributed by atoms with Gasteiger partial charge < -0.3 is 19.7 Å². The lowest BCUT2D eigenvalue weighted by Gasteiger charge is -2.15. The summed E-state index contributed by atoms with van der Waals surface area (Å²) >= 11 is 0. The molecule has 8 nitrogen and oxygen atoms in total. The van der Waals surface area contributed by atoms with E-state index in [9.17, 15) is 19.1 Å². The van der Waals surface area contributed by atoms with Crippen molar-refractivity contribution in [3.05, 3.63) is 82.7 Å². The van der Waals surface area contributed by atoms with Crippen LogP contribution in [0, 0.1) is 5.82 Å². The first kappa shape index (κ1) is 20.9. The van der Waals surface area contributed by atoms with Crippen molar-refractivity contribution in [1.29, 1.82) is 0 Å². The highest BCUT2D eigenvalue weighted by Crippen LogP contribution is 2.41. The number of benzene rings is 2. The lowest BCUT2D eigenvalue weighted by Crippen LogP contribution is -2.38. The fraction of sp³-hybridized carbons (Fsp3) is 0.208. The summed E-state index contributed by atoms with van der Waals surface area (Å²) in [6.07, 6.45) is 3.60. The van der Waals surface area contributed by atoms with Gasteiger partial charge in [-0.1, -0.05) is 18.2 Å². The molecule has 2 aliphatic rings. The maximum absolute atomic E-state index is 13.8. The Hall–Kier alpha value is -3.98. The van der Waals surface area contributed by atoms with Crippen molar-refractivity contribution in [3.8, 4) is 0 Å². The molecule has 3 aromatic rings. The van der Waals surface area contributed by atoms with Crippen LogP contribution in [0.5, 0.6) is 0 Å². The number of fused-ring (bicyclic) bond motifs is 2. The fourth-order valence-corrected chi connectivity index (χ4v) is 4.18. The minimum absolute atomic E-state index is 0.275. The molecule has 0 spiro atoms. The largest absolute Gasteiger partial charge is 0.487 e. The Bertz CT molecular complexity index is 1310. The SMILES string of the molecule is Cn1cncc1CC(NCc1ccc2c(c1)COC2=C1C(=O)Nc2ccc(F)cc21)C(=O)O. The number of carboxylic acids is 1. The molecule has 3 N–H and O–H groups in total. The van der Waals surface area contributed by atoms with Gasteiger partial charge >= 0.3 is 5.97 Å². The highest BCUT2D eigenvalue weighted by Gasteiger charge is 2.33. The molecule has 1 atom stereocenters. The third-order valence-electron chi connectivity index (χ3n) is 5.92. The number of nitrogens with zero attached hydrogens (tertiary/aromatic N) is 2. The van der Waals surface area contributed by atoms with Gasteiger partial charge in [0.25, 0.3) is 5.91 Å². The summed E-state index contributed by atoms with van der Waals surface area (Å²) in [5.74, 6) is -1.28. The van der Waals surface area contributed by atoms with Crippen LogP contribution in [0.1, 0.15) is 27.9 Å². The zero-order valence-electron chi connectivity index (χ0n) is 17.8. The molecule has 1 aromatic heterocycles. The smallest absolute Gasteiger partial charge is 0.321 e. The standard InChI is InChI=1S/C24H21FN4O4/c1-29-12-26-10-16(29)8-20(24(31)32)27-9-13-2-4-17-14(6-13)11-33-22(17)21-18-7-15(25)3-5-19(18)28-23(21)30/h2-7,10,12,20,27H,8-9,11H2,1H3,(H,28,30)(H,31,32). The summed E-state index contributed by atoms with van der Waals surface area (Å²) in [5, 5.41) is 15.4. The van der Waals surface area contributed by atoms with E-state index in [-0.39, 0.29) is 12.5 Å². The van der Waals surface area contributed by atoms with Gasteiger partial charge in [-0.2, -0.15) is 0 Å². The van der Waals surface area contributed by atoms with Crippen LogP contribution < -0.4 is 10.6 Å². The summed E-state index contributed by atoms with van der Waals surface area (Å²) in [6.45, 7) is 0.625. The first-order valence-electron chi connectivity index (χ1n) is 10.4. The summed E-state index contributed by atoms with van der Waals surface area (Å²) in [6, 6.07) is 9.03. The van der Waals surface area contributed by atoms with Crippen molar-refractivity contribution >= 4 is 28.9 Å². The first-order valence-corrected chi connectivity index (χ1v) is 10.4. The van der Waals surface area contributed by atoms with Crippen molar-refractivity contribution in [3.63, 3.8) is 0 Å². The van der Waals surface area contributed by atoms with Gasteiger partial charge in [0.1, 0.15) is 24.2 Å². The number of hydrogen-bond donors (Lipinski definition) is 3. The monoisotopic (exact) mass is 448 g/mol. The second-order valence-electron chi connectivity index (χ2n) is 8.10. The van der Waals surface area contributed by atoms with E-state index in [1.807, 2.05) is 25.2 Å². The molecule has 9 heteroatoms. The third-order valence-corrected chi connectivity index (χ3v) is 5.92. The molecular formula is C24H21FN4O4. The van der Waals surface area contributed by atoms with E-state index in [1.165, 1.54) is 18.2 Å². The van der Waals surface area contributed by atoms with Crippen LogP contribution in [-0.2, 0) is 40.9 Å². The van der Waals surface area contributed by atoms with E-state index >= 15 is 0 Å². The van der Waals surface area contributed by atoms with E-state index in [4.69, 9.17) is 4.74 Å². The number of imidazole rings is 1. The summed E-state index contributed by atoms with van der Waals surface area (Å²) in [4.78, 5) is 28.3. The number of carbonyl (C=O) groups excluding carboxylic acids is 1. The van der Waals surface area contributed by atoms with Gasteiger partial charge in [-0.25, -0.2) is 9.37 Å². The predicted molar refractivity (Wildman–Crippen MR) is 118 cm³/mol. The van der Waals surface area contributed by atoms with E-state index in [1.54, 1.807) is 17.1 Å². The minimum atomic E-state index is -0.939. The number of aliphatic carboxylic acids is 1. The normalized spacial score (nSPS) is 17.3. The van der Waals surface area contributed by atoms with Crippen LogP contribution >= 0.6 is 0 Å². The quantitative estimate of drug-likeness (QED) is 0.501. The second-order valence-corrected chi connectivity index (χ2v) is 8.10. The molecule has 1 unspecified atom stereocenters. The van der Waals surface area contributed by atoms with Crippen LogP contribution in [-0.4, -0.2) is 32.6 Å². The van der Waals surface area contributed by atoms with Gasteiger partial charge in [0, 0.05) is 54.3 Å². The Morgan fingerprint density at radius 3 is 2.91 bits per heavy atom. The number of aryl methyl sites for hydroxylation is 1. The molecule has 5 rings (SSSR count). The van der Waals surface area contributed by atoms with E-state index in [0.29, 0.717) is 35.5 Å². The molecular weight excluding hydrogens is 427 g/mol. The van der Waals surface area contributed by atoms with Crippen molar-refractivity contribution < 1.29 is 23.8 Å². The Kier molecular flexibility index (Phi) is 5.18. The van der Waals surface area contributed by atoms with E-state index in [0.717, 1.165) is 22.4 Å². The highest BCUT2D eigenvalue weighted by molar-refractivity contribution is 6.36. The lowest BCUT2D eigenvalue weighted by molar-refractivity contribution is -0.139. The Labute approximate surface area is 188 Å². The Balaban J connectivity index is 1.37. The number of carbonyl (C=O) groups is 2. The molecule has 0 radical (unpaired) electrons. The molecule has 1 amide bonds. The van der Waals surface area contributed by atoms with E-state index in [2.05, 4.69) is 15.6 Å². The van der Waals surface area contributed by atoms with Crippen LogP contribution in [0.25, 0.3) is 11.3 Å². The Morgan fingerprint density at radius 1 is 1.30 bits per heavy atom. The number of ether oxygens (including phenoxy) is 1. The number of anilines is 1. The summed E-state index contributed by atoms with van der Waals surface area (Å²) in [7, 11) is 1.82. The zero-order valence-corrected chi connectivity index (χ0v) is 17.8. The number of nitrogens with one attached hydrogen (secondary N) is 2. The number of rotatable bonds is 6. The van der Waals surface area contributed by atoms with Gasteiger partial charge in [-0.05, 0) is 23.8 Å². The Morgan fingerprint density at radius 2 is 2.15 bits per heavy atom. The van der Waals surface area contributed by atoms with Gasteiger partial charge in [0.05, 0.1) is 11.9 Å². The van der Waals surface area contributed by atoms with Crippen LogP contribution in [0.2, 0.25) is 0 Å². The van der Waals surface area contributed by atoms with Gasteiger partial charge in [0.15, 0.2) is 0 Å². The molecule has 33 heavy (non-hydrogen) atoms.